The zero-order valence-electron chi connectivity index (χ0n) is 39.1. The van der Waals surface area contributed by atoms with E-state index >= 15 is 0 Å². The molecule has 0 aromatic heterocycles. The Morgan fingerprint density at radius 3 is 0.864 bits per heavy atom. The van der Waals surface area contributed by atoms with Crippen molar-refractivity contribution in [3.8, 4) is 0 Å². The first-order valence-corrected chi connectivity index (χ1v) is 23.2. The van der Waals surface area contributed by atoms with E-state index in [9.17, 15) is 0 Å². The van der Waals surface area contributed by atoms with E-state index in [4.69, 9.17) is 0 Å². The summed E-state index contributed by atoms with van der Waals surface area (Å²) in [5.41, 5.74) is 17.1. The molecule has 0 amide bonds. The third kappa shape index (κ3) is 9.61. The van der Waals surface area contributed by atoms with E-state index in [1.165, 1.54) is 99.5 Å². The van der Waals surface area contributed by atoms with E-state index in [0.717, 1.165) is 0 Å². The third-order valence-corrected chi connectivity index (χ3v) is 12.8. The van der Waals surface area contributed by atoms with Gasteiger partial charge in [-0.25, -0.2) is 0 Å². The summed E-state index contributed by atoms with van der Waals surface area (Å²) in [5.74, 6) is 0. The fourth-order valence-electron chi connectivity index (χ4n) is 9.00. The molecule has 0 heteroatoms. The van der Waals surface area contributed by atoms with Gasteiger partial charge in [0.2, 0.25) is 0 Å². The Hall–Kier alpha value is -7.54. The van der Waals surface area contributed by atoms with Gasteiger partial charge in [0.25, 0.3) is 0 Å². The summed E-state index contributed by atoms with van der Waals surface area (Å²) in [6.45, 7) is 13.6. The molecule has 0 aliphatic rings. The van der Waals surface area contributed by atoms with Crippen LogP contribution < -0.4 is 0 Å². The van der Waals surface area contributed by atoms with Gasteiger partial charge in [0, 0.05) is 0 Å². The van der Waals surface area contributed by atoms with Gasteiger partial charge in [-0.2, -0.15) is 0 Å². The van der Waals surface area contributed by atoms with Crippen molar-refractivity contribution in [3.05, 3.63) is 273 Å². The minimum absolute atomic E-state index is 0.0890. The Morgan fingerprint density at radius 2 is 0.545 bits per heavy atom. The first-order valence-electron chi connectivity index (χ1n) is 23.2. The highest BCUT2D eigenvalue weighted by Crippen LogP contribution is 2.37. The van der Waals surface area contributed by atoms with Crippen LogP contribution in [0.1, 0.15) is 108 Å². The van der Waals surface area contributed by atoms with E-state index in [2.05, 4.69) is 284 Å². The summed E-state index contributed by atoms with van der Waals surface area (Å²) in [5, 5.41) is 4.90. The maximum Gasteiger partial charge on any atom is -0.00987 e. The van der Waals surface area contributed by atoms with Crippen molar-refractivity contribution >= 4 is 69.1 Å². The van der Waals surface area contributed by atoms with E-state index in [-0.39, 0.29) is 10.8 Å². The van der Waals surface area contributed by atoms with Crippen LogP contribution in [0.15, 0.2) is 206 Å². The largest absolute Gasteiger partial charge is 0.0622 e. The van der Waals surface area contributed by atoms with E-state index in [0.29, 0.717) is 0 Å². The Morgan fingerprint density at radius 1 is 0.273 bits per heavy atom. The Kier molecular flexibility index (Phi) is 12.5. The molecule has 0 nitrogen and oxygen atoms in total. The predicted molar refractivity (Wildman–Crippen MR) is 289 cm³/mol. The molecular formula is C66H58. The van der Waals surface area contributed by atoms with Gasteiger partial charge in [0.1, 0.15) is 0 Å². The van der Waals surface area contributed by atoms with Crippen LogP contribution in [-0.2, 0) is 10.8 Å². The predicted octanol–water partition coefficient (Wildman–Crippen LogP) is 18.1. The van der Waals surface area contributed by atoms with Crippen molar-refractivity contribution in [2.45, 2.75) is 52.4 Å². The summed E-state index contributed by atoms with van der Waals surface area (Å²) in [6.07, 6.45) is 13.9. The summed E-state index contributed by atoms with van der Waals surface area (Å²) < 4.78 is 0. The minimum atomic E-state index is 0.0890. The number of hydrogen-bond acceptors (Lipinski definition) is 0. The Balaban J connectivity index is 1.12. The molecule has 9 aromatic carbocycles. The second kappa shape index (κ2) is 18.9. The zero-order chi connectivity index (χ0) is 45.7. The standard InChI is InChI=1S/C66H58/c1-65(2,3)55-39-33-51(34-40-55)63(49-23-9-7-10-24-49)45-53-27-15-13-21-47(53)37-43-61-57-29-17-19-31-59(57)62(60-32-20-18-30-58(60)61)44-38-48-22-14-16-28-54(48)46-64(50-25-11-8-12-26-50)52-35-41-56(42-36-52)66(4,5)6/h7-46H,1-6H3/b43-37?,44-38?,63-45-,64-46-. The molecule has 0 aliphatic heterocycles. The molecule has 0 radical (unpaired) electrons. The zero-order valence-corrected chi connectivity index (χ0v) is 39.1. The van der Waals surface area contributed by atoms with Crippen molar-refractivity contribution in [3.63, 3.8) is 0 Å². The Bertz CT molecular complexity index is 2970. The van der Waals surface area contributed by atoms with Gasteiger partial charge >= 0.3 is 0 Å². The molecule has 9 aromatic rings. The second-order valence-corrected chi connectivity index (χ2v) is 19.3. The Labute approximate surface area is 392 Å². The van der Waals surface area contributed by atoms with Gasteiger partial charge in [0.05, 0.1) is 0 Å². The molecule has 0 spiro atoms. The molecule has 0 unspecified atom stereocenters. The maximum absolute atomic E-state index is 2.35. The summed E-state index contributed by atoms with van der Waals surface area (Å²) in [4.78, 5) is 0. The monoisotopic (exact) mass is 850 g/mol. The lowest BCUT2D eigenvalue weighted by atomic mass is 9.85. The molecule has 0 fully saturated rings. The molecule has 0 saturated heterocycles. The number of benzene rings is 9. The highest BCUT2D eigenvalue weighted by atomic mass is 14.2. The van der Waals surface area contributed by atoms with Crippen LogP contribution >= 0.6 is 0 Å². The molecule has 0 heterocycles. The van der Waals surface area contributed by atoms with Gasteiger partial charge < -0.3 is 0 Å². The molecule has 0 N–H and O–H groups in total. The van der Waals surface area contributed by atoms with Gasteiger partial charge in [-0.15, -0.1) is 0 Å². The molecular weight excluding hydrogens is 793 g/mol. The topological polar surface area (TPSA) is 0 Å². The summed E-state index contributed by atoms with van der Waals surface area (Å²) in [7, 11) is 0. The van der Waals surface area contributed by atoms with Crippen LogP contribution in [0.25, 0.3) is 69.1 Å². The van der Waals surface area contributed by atoms with E-state index < -0.39 is 0 Å². The van der Waals surface area contributed by atoms with Crippen LogP contribution in [0.3, 0.4) is 0 Å². The molecule has 0 aliphatic carbocycles. The van der Waals surface area contributed by atoms with Crippen molar-refractivity contribution in [1.82, 2.24) is 0 Å². The van der Waals surface area contributed by atoms with Crippen molar-refractivity contribution in [2.75, 3.05) is 0 Å². The average Bonchev–Trinajstić information content (AvgIpc) is 3.34. The molecule has 0 saturated carbocycles. The molecule has 66 heavy (non-hydrogen) atoms. The first-order chi connectivity index (χ1) is 32.0. The molecule has 322 valence electrons. The molecule has 9 rings (SSSR count). The minimum Gasteiger partial charge on any atom is -0.0622 e. The van der Waals surface area contributed by atoms with E-state index in [1.54, 1.807) is 0 Å². The van der Waals surface area contributed by atoms with Crippen LogP contribution in [0.5, 0.6) is 0 Å². The van der Waals surface area contributed by atoms with E-state index in [1.807, 2.05) is 0 Å². The number of fused-ring (bicyclic) bond motifs is 2. The third-order valence-electron chi connectivity index (χ3n) is 12.8. The highest BCUT2D eigenvalue weighted by molar-refractivity contribution is 6.14. The van der Waals surface area contributed by atoms with Crippen LogP contribution in [0, 0.1) is 0 Å². The average molecular weight is 851 g/mol. The van der Waals surface area contributed by atoms with Gasteiger partial charge in [0.15, 0.2) is 0 Å². The normalized spacial score (nSPS) is 12.8. The fourth-order valence-corrected chi connectivity index (χ4v) is 9.00. The quantitative estimate of drug-likeness (QED) is 0.0950. The van der Waals surface area contributed by atoms with Crippen molar-refractivity contribution < 1.29 is 0 Å². The lowest BCUT2D eigenvalue weighted by molar-refractivity contribution is 0.590. The van der Waals surface area contributed by atoms with Crippen molar-refractivity contribution in [2.24, 2.45) is 0 Å². The highest BCUT2D eigenvalue weighted by Gasteiger charge is 2.17. The maximum atomic E-state index is 2.35. The molecule has 0 bridgehead atoms. The lowest BCUT2D eigenvalue weighted by Crippen LogP contribution is -2.10. The lowest BCUT2D eigenvalue weighted by Gasteiger charge is -2.20. The first kappa shape index (κ1) is 43.7. The summed E-state index contributed by atoms with van der Waals surface area (Å²) >= 11 is 0. The van der Waals surface area contributed by atoms with Crippen molar-refractivity contribution in [1.29, 1.82) is 0 Å². The van der Waals surface area contributed by atoms with Crippen LogP contribution in [0.2, 0.25) is 0 Å². The fraction of sp³-hybridized carbons (Fsp3) is 0.121. The SMILES string of the molecule is CC(C)(C)c1ccc(/C(=C\c2ccccc2C=Cc2c3ccccc3c(C=Cc3ccccc3/C=C(/c3ccccc3)c3ccc(C(C)(C)C)cc3)c3ccccc23)c2ccccc2)cc1. The van der Waals surface area contributed by atoms with Gasteiger partial charge in [-0.3, -0.25) is 0 Å². The van der Waals surface area contributed by atoms with Crippen LogP contribution in [-0.4, -0.2) is 0 Å². The smallest absolute Gasteiger partial charge is 0.00987 e. The molecule has 0 atom stereocenters. The second-order valence-electron chi connectivity index (χ2n) is 19.3. The number of rotatable bonds is 10. The summed E-state index contributed by atoms with van der Waals surface area (Å²) in [6, 6.07) is 74.9. The van der Waals surface area contributed by atoms with Crippen LogP contribution in [0.4, 0.5) is 0 Å². The van der Waals surface area contributed by atoms with Gasteiger partial charge in [-0.1, -0.05) is 272 Å². The van der Waals surface area contributed by atoms with Gasteiger partial charge in [-0.05, 0) is 122 Å². The number of hydrogen-bond donors (Lipinski definition) is 0.